The summed E-state index contributed by atoms with van der Waals surface area (Å²) in [5.74, 6) is 0.284. The number of hydrogen-bond acceptors (Lipinski definition) is 8. The summed E-state index contributed by atoms with van der Waals surface area (Å²) in [6, 6.07) is 21.6. The third-order valence-electron chi connectivity index (χ3n) is 7.04. The van der Waals surface area contributed by atoms with E-state index in [1.54, 1.807) is 36.2 Å². The molecule has 0 N–H and O–H groups in total. The van der Waals surface area contributed by atoms with Crippen molar-refractivity contribution in [1.82, 2.24) is 19.4 Å². The molecule has 208 valence electrons. The molecule has 0 aliphatic carbocycles. The van der Waals surface area contributed by atoms with Crippen LogP contribution < -0.4 is 10.5 Å². The average Bonchev–Trinajstić information content (AvgIpc) is 2.98. The van der Waals surface area contributed by atoms with E-state index in [0.717, 1.165) is 51.3 Å². The fourth-order valence-corrected chi connectivity index (χ4v) is 6.03. The second kappa shape index (κ2) is 13.1. The summed E-state index contributed by atoms with van der Waals surface area (Å²) in [5.41, 5.74) is 2.78. The molecule has 0 spiro atoms. The fraction of sp³-hybridized carbons (Fsp3) is 0.355. The maximum atomic E-state index is 13.9. The molecule has 0 amide bonds. The van der Waals surface area contributed by atoms with Gasteiger partial charge in [0.1, 0.15) is 0 Å². The number of piperazine rings is 1. The number of esters is 1. The quantitative estimate of drug-likeness (QED) is 0.117. The van der Waals surface area contributed by atoms with Crippen LogP contribution in [0.2, 0.25) is 0 Å². The first-order valence-electron chi connectivity index (χ1n) is 13.9. The van der Waals surface area contributed by atoms with Gasteiger partial charge in [-0.3, -0.25) is 14.3 Å². The lowest BCUT2D eigenvalue weighted by Crippen LogP contribution is -2.46. The summed E-state index contributed by atoms with van der Waals surface area (Å²) < 4.78 is 6.83. The van der Waals surface area contributed by atoms with E-state index in [1.807, 2.05) is 30.3 Å². The number of anilines is 1. The predicted octanol–water partition coefficient (Wildman–Crippen LogP) is 4.96. The van der Waals surface area contributed by atoms with Crippen molar-refractivity contribution in [2.24, 2.45) is 0 Å². The van der Waals surface area contributed by atoms with Gasteiger partial charge < -0.3 is 9.64 Å². The van der Waals surface area contributed by atoms with Crippen molar-refractivity contribution >= 4 is 34.5 Å². The molecule has 8 nitrogen and oxygen atoms in total. The number of ether oxygens (including phenoxy) is 1. The Hall–Kier alpha value is -3.69. The molecule has 0 atom stereocenters. The number of rotatable bonds is 10. The fourth-order valence-electron chi connectivity index (χ4n) is 5.03. The van der Waals surface area contributed by atoms with Gasteiger partial charge in [0, 0.05) is 43.3 Å². The lowest BCUT2D eigenvalue weighted by atomic mass is 10.1. The number of carbonyl (C=O) groups is 1. The van der Waals surface area contributed by atoms with Crippen LogP contribution >= 0.6 is 11.8 Å². The number of para-hydroxylation sites is 2. The molecule has 0 saturated carbocycles. The number of hydrogen-bond donors (Lipinski definition) is 0. The SMILES string of the molecule is CCOC(=O)c1cc(C)nc2nc(SCCCCN3CCN(c4ccccc4)CC3)n(-c3ccccc3)c(=O)c12. The van der Waals surface area contributed by atoms with Crippen molar-refractivity contribution in [3.8, 4) is 5.69 Å². The molecule has 2 aromatic heterocycles. The molecule has 0 bridgehead atoms. The average molecular weight is 558 g/mol. The Morgan fingerprint density at radius 3 is 2.27 bits per heavy atom. The second-order valence-corrected chi connectivity index (χ2v) is 10.9. The molecule has 0 unspecified atom stereocenters. The van der Waals surface area contributed by atoms with E-state index in [9.17, 15) is 9.59 Å². The van der Waals surface area contributed by atoms with Crippen LogP contribution in [0.15, 0.2) is 76.7 Å². The van der Waals surface area contributed by atoms with Crippen LogP contribution in [-0.2, 0) is 4.74 Å². The molecular formula is C31H35N5O3S. The zero-order valence-corrected chi connectivity index (χ0v) is 23.9. The number of aryl methyl sites for hydroxylation is 1. The van der Waals surface area contributed by atoms with Gasteiger partial charge in [-0.15, -0.1) is 0 Å². The van der Waals surface area contributed by atoms with Crippen LogP contribution in [0.5, 0.6) is 0 Å². The van der Waals surface area contributed by atoms with Gasteiger partial charge in [0.05, 0.1) is 23.2 Å². The van der Waals surface area contributed by atoms with E-state index in [1.165, 1.54) is 5.69 Å². The van der Waals surface area contributed by atoms with Crippen LogP contribution in [0.3, 0.4) is 0 Å². The third kappa shape index (κ3) is 6.37. The molecule has 40 heavy (non-hydrogen) atoms. The number of carbonyl (C=O) groups excluding carboxylic acids is 1. The highest BCUT2D eigenvalue weighted by Crippen LogP contribution is 2.24. The Morgan fingerprint density at radius 1 is 0.925 bits per heavy atom. The summed E-state index contributed by atoms with van der Waals surface area (Å²) >= 11 is 1.55. The number of aromatic nitrogens is 3. The van der Waals surface area contributed by atoms with Gasteiger partial charge in [-0.2, -0.15) is 0 Å². The topological polar surface area (TPSA) is 80.6 Å². The minimum Gasteiger partial charge on any atom is -0.462 e. The normalized spacial score (nSPS) is 14.0. The molecule has 1 fully saturated rings. The number of benzene rings is 2. The van der Waals surface area contributed by atoms with E-state index in [4.69, 9.17) is 9.72 Å². The standard InChI is InChI=1S/C31H35N5O3S/c1-3-39-30(38)26-22-23(2)32-28-27(26)29(37)36(25-14-8-5-9-15-25)31(33-28)40-21-11-10-16-34-17-19-35(20-18-34)24-12-6-4-7-13-24/h4-9,12-15,22H,3,10-11,16-21H2,1-2H3. The molecule has 2 aromatic carbocycles. The smallest absolute Gasteiger partial charge is 0.339 e. The molecule has 1 aliphatic rings. The summed E-state index contributed by atoms with van der Waals surface area (Å²) in [6.45, 7) is 9.03. The van der Waals surface area contributed by atoms with Crippen LogP contribution in [0, 0.1) is 6.92 Å². The van der Waals surface area contributed by atoms with E-state index < -0.39 is 5.97 Å². The molecule has 5 rings (SSSR count). The molecule has 4 aromatic rings. The largest absolute Gasteiger partial charge is 0.462 e. The number of pyridine rings is 1. The summed E-state index contributed by atoms with van der Waals surface area (Å²) in [7, 11) is 0. The maximum Gasteiger partial charge on any atom is 0.339 e. The predicted molar refractivity (Wildman–Crippen MR) is 161 cm³/mol. The van der Waals surface area contributed by atoms with Crippen molar-refractivity contribution in [1.29, 1.82) is 0 Å². The number of nitrogens with zero attached hydrogens (tertiary/aromatic N) is 5. The van der Waals surface area contributed by atoms with Gasteiger partial charge in [0.25, 0.3) is 5.56 Å². The number of fused-ring (bicyclic) bond motifs is 1. The highest BCUT2D eigenvalue weighted by Gasteiger charge is 2.22. The number of thioether (sulfide) groups is 1. The van der Waals surface area contributed by atoms with Crippen LogP contribution in [0.4, 0.5) is 5.69 Å². The van der Waals surface area contributed by atoms with Crippen molar-refractivity contribution in [3.05, 3.63) is 88.3 Å². The van der Waals surface area contributed by atoms with Crippen LogP contribution in [0.25, 0.3) is 16.7 Å². The van der Waals surface area contributed by atoms with Gasteiger partial charge in [-0.1, -0.05) is 48.2 Å². The van der Waals surface area contributed by atoms with E-state index in [0.29, 0.717) is 16.5 Å². The zero-order chi connectivity index (χ0) is 27.9. The Balaban J connectivity index is 1.28. The Kier molecular flexibility index (Phi) is 9.13. The lowest BCUT2D eigenvalue weighted by molar-refractivity contribution is 0.0528. The maximum absolute atomic E-state index is 13.9. The van der Waals surface area contributed by atoms with Crippen molar-refractivity contribution < 1.29 is 9.53 Å². The van der Waals surface area contributed by atoms with Crippen molar-refractivity contribution in [2.45, 2.75) is 31.8 Å². The summed E-state index contributed by atoms with van der Waals surface area (Å²) in [5, 5.41) is 0.764. The third-order valence-corrected chi connectivity index (χ3v) is 8.07. The summed E-state index contributed by atoms with van der Waals surface area (Å²) in [4.78, 5) is 40.9. The Labute approximate surface area is 239 Å². The lowest BCUT2D eigenvalue weighted by Gasteiger charge is -2.36. The van der Waals surface area contributed by atoms with Crippen LogP contribution in [-0.4, -0.2) is 70.5 Å². The van der Waals surface area contributed by atoms with Gasteiger partial charge >= 0.3 is 5.97 Å². The van der Waals surface area contributed by atoms with Gasteiger partial charge in [-0.05, 0) is 63.6 Å². The van der Waals surface area contributed by atoms with Gasteiger partial charge in [0.15, 0.2) is 10.8 Å². The Morgan fingerprint density at radius 2 is 1.60 bits per heavy atom. The van der Waals surface area contributed by atoms with Crippen LogP contribution in [0.1, 0.15) is 35.8 Å². The first-order chi connectivity index (χ1) is 19.5. The van der Waals surface area contributed by atoms with E-state index in [2.05, 4.69) is 45.1 Å². The molecule has 3 heterocycles. The van der Waals surface area contributed by atoms with Gasteiger partial charge in [0.2, 0.25) is 0 Å². The minimum absolute atomic E-state index is 0.187. The van der Waals surface area contributed by atoms with E-state index in [-0.39, 0.29) is 28.8 Å². The molecule has 0 radical (unpaired) electrons. The van der Waals surface area contributed by atoms with E-state index >= 15 is 0 Å². The van der Waals surface area contributed by atoms with Crippen molar-refractivity contribution in [2.75, 3.05) is 50.0 Å². The molecule has 1 saturated heterocycles. The molecule has 1 aliphatic heterocycles. The minimum atomic E-state index is -0.540. The first kappa shape index (κ1) is 27.9. The monoisotopic (exact) mass is 557 g/mol. The summed E-state index contributed by atoms with van der Waals surface area (Å²) in [6.07, 6.45) is 2.08. The first-order valence-corrected chi connectivity index (χ1v) is 14.9. The Bertz CT molecular complexity index is 1500. The molecular weight excluding hydrogens is 522 g/mol. The molecule has 9 heteroatoms. The highest BCUT2D eigenvalue weighted by molar-refractivity contribution is 7.99. The number of unbranched alkanes of at least 4 members (excludes halogenated alkanes) is 1. The zero-order valence-electron chi connectivity index (χ0n) is 23.1. The highest BCUT2D eigenvalue weighted by atomic mass is 32.2. The van der Waals surface area contributed by atoms with Gasteiger partial charge in [-0.25, -0.2) is 14.8 Å². The van der Waals surface area contributed by atoms with Crippen molar-refractivity contribution in [3.63, 3.8) is 0 Å². The second-order valence-electron chi connectivity index (χ2n) is 9.82.